The maximum absolute atomic E-state index is 11.8. The van der Waals surface area contributed by atoms with Gasteiger partial charge in [0, 0.05) is 5.02 Å². The van der Waals surface area contributed by atoms with E-state index in [4.69, 9.17) is 16.3 Å². The van der Waals surface area contributed by atoms with Gasteiger partial charge in [-0.1, -0.05) is 56.6 Å². The number of carbonyl (C=O) groups is 2. The minimum absolute atomic E-state index is 0.101. The number of hydrogen-bond donors (Lipinski definition) is 2. The molecule has 2 amide bonds. The summed E-state index contributed by atoms with van der Waals surface area (Å²) in [6, 6.07) is 14.6. The minimum Gasteiger partial charge on any atom is -0.484 e. The maximum atomic E-state index is 11.8. The Balaban J connectivity index is 1.74. The van der Waals surface area contributed by atoms with Crippen molar-refractivity contribution in [2.75, 3.05) is 6.61 Å². The number of nitrogens with one attached hydrogen (secondary N) is 2. The maximum Gasteiger partial charge on any atom is 0.276 e. The van der Waals surface area contributed by atoms with Gasteiger partial charge in [0.25, 0.3) is 5.91 Å². The van der Waals surface area contributed by atoms with Gasteiger partial charge in [0.2, 0.25) is 5.91 Å². The summed E-state index contributed by atoms with van der Waals surface area (Å²) in [4.78, 5) is 23.7. The second-order valence-electron chi connectivity index (χ2n) is 6.95. The van der Waals surface area contributed by atoms with Crippen molar-refractivity contribution in [2.24, 2.45) is 0 Å². The van der Waals surface area contributed by atoms with E-state index < -0.39 is 5.91 Å². The summed E-state index contributed by atoms with van der Waals surface area (Å²) in [6.07, 6.45) is 1.18. The van der Waals surface area contributed by atoms with E-state index in [0.29, 0.717) is 10.8 Å². The van der Waals surface area contributed by atoms with Crippen LogP contribution in [0.25, 0.3) is 0 Å². The van der Waals surface area contributed by atoms with Gasteiger partial charge in [-0.05, 0) is 47.2 Å². The predicted octanol–water partition coefficient (Wildman–Crippen LogP) is 3.80. The topological polar surface area (TPSA) is 67.4 Å². The molecule has 2 N–H and O–H groups in total. The SMILES string of the molecule is CCC(C)(C)c1ccc(OCC(=O)NNC(=O)Cc2ccc(Cl)cc2)cc1. The van der Waals surface area contributed by atoms with E-state index in [-0.39, 0.29) is 24.3 Å². The van der Waals surface area contributed by atoms with Crippen LogP contribution in [0.5, 0.6) is 5.75 Å². The number of hydrogen-bond acceptors (Lipinski definition) is 3. The van der Waals surface area contributed by atoms with Crippen LogP contribution in [0.15, 0.2) is 48.5 Å². The Kier molecular flexibility index (Phi) is 7.25. The summed E-state index contributed by atoms with van der Waals surface area (Å²) >= 11 is 5.80. The molecule has 0 saturated heterocycles. The molecule has 6 heteroatoms. The van der Waals surface area contributed by atoms with Gasteiger partial charge in [-0.2, -0.15) is 0 Å². The zero-order valence-electron chi connectivity index (χ0n) is 15.8. The molecule has 0 saturated carbocycles. The molecule has 2 aromatic carbocycles. The highest BCUT2D eigenvalue weighted by Gasteiger charge is 2.17. The average Bonchev–Trinajstić information content (AvgIpc) is 2.67. The molecule has 0 radical (unpaired) electrons. The number of rotatable bonds is 7. The number of amides is 2. The van der Waals surface area contributed by atoms with Crippen LogP contribution in [0.3, 0.4) is 0 Å². The van der Waals surface area contributed by atoms with E-state index in [1.165, 1.54) is 5.56 Å². The fraction of sp³-hybridized carbons (Fsp3) is 0.333. The molecule has 5 nitrogen and oxygen atoms in total. The van der Waals surface area contributed by atoms with Crippen molar-refractivity contribution in [1.82, 2.24) is 10.9 Å². The van der Waals surface area contributed by atoms with E-state index >= 15 is 0 Å². The molecule has 27 heavy (non-hydrogen) atoms. The number of ether oxygens (including phenoxy) is 1. The van der Waals surface area contributed by atoms with Crippen molar-refractivity contribution in [3.63, 3.8) is 0 Å². The largest absolute Gasteiger partial charge is 0.484 e. The lowest BCUT2D eigenvalue weighted by molar-refractivity contribution is -0.129. The fourth-order valence-electron chi connectivity index (χ4n) is 2.36. The summed E-state index contributed by atoms with van der Waals surface area (Å²) < 4.78 is 5.45. The first-order valence-electron chi connectivity index (χ1n) is 8.85. The van der Waals surface area contributed by atoms with Gasteiger partial charge in [0.1, 0.15) is 5.75 Å². The zero-order chi connectivity index (χ0) is 19.9. The average molecular weight is 389 g/mol. The molecular weight excluding hydrogens is 364 g/mol. The lowest BCUT2D eigenvalue weighted by Crippen LogP contribution is -2.44. The number of carbonyl (C=O) groups excluding carboxylic acids is 2. The first-order chi connectivity index (χ1) is 12.8. The van der Waals surface area contributed by atoms with Gasteiger partial charge < -0.3 is 4.74 Å². The van der Waals surface area contributed by atoms with Crippen molar-refractivity contribution in [2.45, 2.75) is 39.0 Å². The van der Waals surface area contributed by atoms with Crippen molar-refractivity contribution in [3.8, 4) is 5.75 Å². The van der Waals surface area contributed by atoms with E-state index in [2.05, 4.69) is 31.6 Å². The predicted molar refractivity (Wildman–Crippen MR) is 107 cm³/mol. The monoisotopic (exact) mass is 388 g/mol. The van der Waals surface area contributed by atoms with Crippen LogP contribution in [-0.2, 0) is 21.4 Å². The van der Waals surface area contributed by atoms with Crippen LogP contribution in [0, 0.1) is 0 Å². The molecule has 0 bridgehead atoms. The Morgan fingerprint density at radius 1 is 0.963 bits per heavy atom. The third kappa shape index (κ3) is 6.61. The zero-order valence-corrected chi connectivity index (χ0v) is 16.6. The van der Waals surface area contributed by atoms with Gasteiger partial charge in [-0.3, -0.25) is 20.4 Å². The highest BCUT2D eigenvalue weighted by molar-refractivity contribution is 6.30. The van der Waals surface area contributed by atoms with Gasteiger partial charge in [0.05, 0.1) is 6.42 Å². The number of halogens is 1. The Morgan fingerprint density at radius 3 is 2.15 bits per heavy atom. The molecule has 0 unspecified atom stereocenters. The molecule has 0 heterocycles. The number of hydrazine groups is 1. The van der Waals surface area contributed by atoms with Crippen LogP contribution < -0.4 is 15.6 Å². The summed E-state index contributed by atoms with van der Waals surface area (Å²) in [5.74, 6) is -0.150. The third-order valence-corrected chi connectivity index (χ3v) is 4.76. The Hall–Kier alpha value is -2.53. The molecule has 0 atom stereocenters. The van der Waals surface area contributed by atoms with Gasteiger partial charge in [0.15, 0.2) is 6.61 Å². The molecule has 2 rings (SSSR count). The van der Waals surface area contributed by atoms with Gasteiger partial charge >= 0.3 is 0 Å². The van der Waals surface area contributed by atoms with Crippen LogP contribution in [0.2, 0.25) is 5.02 Å². The lowest BCUT2D eigenvalue weighted by atomic mass is 9.82. The van der Waals surface area contributed by atoms with Crippen molar-refractivity contribution in [1.29, 1.82) is 0 Å². The van der Waals surface area contributed by atoms with Gasteiger partial charge in [-0.25, -0.2) is 0 Å². The normalized spacial score (nSPS) is 11.0. The summed E-state index contributed by atoms with van der Waals surface area (Å²) in [7, 11) is 0. The van der Waals surface area contributed by atoms with Gasteiger partial charge in [-0.15, -0.1) is 0 Å². The molecule has 0 aliphatic carbocycles. The summed E-state index contributed by atoms with van der Waals surface area (Å²) in [5.41, 5.74) is 6.83. The van der Waals surface area contributed by atoms with E-state index in [0.717, 1.165) is 12.0 Å². The van der Waals surface area contributed by atoms with Crippen LogP contribution in [0.1, 0.15) is 38.3 Å². The molecule has 2 aromatic rings. The van der Waals surface area contributed by atoms with E-state index in [1.54, 1.807) is 24.3 Å². The highest BCUT2D eigenvalue weighted by atomic mass is 35.5. The molecule has 0 spiro atoms. The van der Waals surface area contributed by atoms with Crippen LogP contribution in [-0.4, -0.2) is 18.4 Å². The van der Waals surface area contributed by atoms with Crippen LogP contribution >= 0.6 is 11.6 Å². The summed E-state index contributed by atoms with van der Waals surface area (Å²) in [6.45, 7) is 6.33. The van der Waals surface area contributed by atoms with Crippen molar-refractivity contribution < 1.29 is 14.3 Å². The number of benzene rings is 2. The van der Waals surface area contributed by atoms with Crippen molar-refractivity contribution in [3.05, 3.63) is 64.7 Å². The lowest BCUT2D eigenvalue weighted by Gasteiger charge is -2.23. The smallest absolute Gasteiger partial charge is 0.276 e. The first-order valence-corrected chi connectivity index (χ1v) is 9.23. The fourth-order valence-corrected chi connectivity index (χ4v) is 2.49. The molecule has 0 aromatic heterocycles. The minimum atomic E-state index is -0.433. The molecule has 144 valence electrons. The Bertz CT molecular complexity index is 771. The van der Waals surface area contributed by atoms with E-state index in [1.807, 2.05) is 24.3 Å². The Morgan fingerprint density at radius 2 is 1.56 bits per heavy atom. The molecule has 0 fully saturated rings. The van der Waals surface area contributed by atoms with Crippen LogP contribution in [0.4, 0.5) is 0 Å². The summed E-state index contributed by atoms with van der Waals surface area (Å²) in [5, 5.41) is 0.607. The third-order valence-electron chi connectivity index (χ3n) is 4.51. The van der Waals surface area contributed by atoms with Crippen molar-refractivity contribution >= 4 is 23.4 Å². The first kappa shape index (κ1) is 20.8. The Labute approximate surface area is 165 Å². The standard InChI is InChI=1S/C21H25ClN2O3/c1-4-21(2,3)16-7-11-18(12-8-16)27-14-20(26)24-23-19(25)13-15-5-9-17(22)10-6-15/h5-12H,4,13-14H2,1-3H3,(H,23,25)(H,24,26). The highest BCUT2D eigenvalue weighted by Crippen LogP contribution is 2.27. The molecule has 0 aliphatic rings. The second-order valence-corrected chi connectivity index (χ2v) is 7.39. The second kappa shape index (κ2) is 9.42. The quantitative estimate of drug-likeness (QED) is 0.709. The van der Waals surface area contributed by atoms with E-state index in [9.17, 15) is 9.59 Å². The molecule has 0 aliphatic heterocycles. The molecular formula is C21H25ClN2O3.